The van der Waals surface area contributed by atoms with E-state index in [4.69, 9.17) is 9.47 Å². The van der Waals surface area contributed by atoms with E-state index < -0.39 is 23.0 Å². The van der Waals surface area contributed by atoms with Crippen molar-refractivity contribution in [3.05, 3.63) is 0 Å². The Morgan fingerprint density at radius 1 is 0.944 bits per heavy atom. The highest BCUT2D eigenvalue weighted by Gasteiger charge is 2.44. The van der Waals surface area contributed by atoms with E-state index in [1.807, 2.05) is 0 Å². The molecule has 106 valence electrons. The molecule has 0 rings (SSSR count). The van der Waals surface area contributed by atoms with Crippen LogP contribution in [0, 0.1) is 5.41 Å². The van der Waals surface area contributed by atoms with Gasteiger partial charge in [0.05, 0.1) is 18.8 Å². The molecular formula is C13H24O5. The Morgan fingerprint density at radius 3 is 1.61 bits per heavy atom. The van der Waals surface area contributed by atoms with E-state index in [0.717, 1.165) is 0 Å². The van der Waals surface area contributed by atoms with Crippen molar-refractivity contribution in [3.63, 3.8) is 0 Å². The van der Waals surface area contributed by atoms with Crippen molar-refractivity contribution in [2.45, 2.75) is 53.1 Å². The van der Waals surface area contributed by atoms with E-state index in [1.165, 1.54) is 6.92 Å². The van der Waals surface area contributed by atoms with Crippen molar-refractivity contribution in [1.82, 2.24) is 0 Å². The minimum absolute atomic E-state index is 0.189. The number of hydrogen-bond acceptors (Lipinski definition) is 5. The Bertz CT molecular complexity index is 272. The lowest BCUT2D eigenvalue weighted by Crippen LogP contribution is -2.41. The van der Waals surface area contributed by atoms with Crippen LogP contribution in [0.1, 0.15) is 47.5 Å². The van der Waals surface area contributed by atoms with E-state index in [-0.39, 0.29) is 19.6 Å². The Kier molecular flexibility index (Phi) is 6.32. The zero-order chi connectivity index (χ0) is 14.4. The Labute approximate surface area is 108 Å². The van der Waals surface area contributed by atoms with Crippen LogP contribution in [0.3, 0.4) is 0 Å². The third-order valence-electron chi connectivity index (χ3n) is 2.69. The second kappa shape index (κ2) is 6.73. The van der Waals surface area contributed by atoms with Gasteiger partial charge in [-0.15, -0.1) is 0 Å². The van der Waals surface area contributed by atoms with Crippen LogP contribution in [0.25, 0.3) is 0 Å². The van der Waals surface area contributed by atoms with Crippen LogP contribution in [0.2, 0.25) is 0 Å². The molecule has 0 spiro atoms. The second-order valence-electron chi connectivity index (χ2n) is 5.09. The quantitative estimate of drug-likeness (QED) is 0.557. The van der Waals surface area contributed by atoms with Gasteiger partial charge >= 0.3 is 11.9 Å². The van der Waals surface area contributed by atoms with Crippen LogP contribution in [-0.4, -0.2) is 35.9 Å². The smallest absolute Gasteiger partial charge is 0.323 e. The molecule has 0 bridgehead atoms. The number of esters is 2. The Balaban J connectivity index is 4.91. The molecule has 0 aromatic heterocycles. The molecule has 18 heavy (non-hydrogen) atoms. The Morgan fingerprint density at radius 2 is 1.33 bits per heavy atom. The highest BCUT2D eigenvalue weighted by Crippen LogP contribution is 2.30. The third-order valence-corrected chi connectivity index (χ3v) is 2.69. The number of carbonyl (C=O) groups is 2. The minimum Gasteiger partial charge on any atom is -0.465 e. The van der Waals surface area contributed by atoms with Gasteiger partial charge in [-0.05, 0) is 47.5 Å². The lowest BCUT2D eigenvalue weighted by molar-refractivity contribution is -0.171. The highest BCUT2D eigenvalue weighted by atomic mass is 16.6. The molecule has 0 saturated carbocycles. The molecular weight excluding hydrogens is 236 g/mol. The van der Waals surface area contributed by atoms with E-state index in [2.05, 4.69) is 0 Å². The second-order valence-corrected chi connectivity index (χ2v) is 5.09. The molecule has 0 aliphatic rings. The van der Waals surface area contributed by atoms with Gasteiger partial charge in [0.2, 0.25) is 0 Å². The van der Waals surface area contributed by atoms with Crippen LogP contribution in [0.15, 0.2) is 0 Å². The molecule has 5 nitrogen and oxygen atoms in total. The fraction of sp³-hybridized carbons (Fsp3) is 0.846. The van der Waals surface area contributed by atoms with Crippen LogP contribution in [0.4, 0.5) is 0 Å². The van der Waals surface area contributed by atoms with Gasteiger partial charge in [-0.3, -0.25) is 9.59 Å². The summed E-state index contributed by atoms with van der Waals surface area (Å²) in [5, 5.41) is 9.70. The first-order chi connectivity index (χ1) is 8.17. The number of carbonyl (C=O) groups excluding carboxylic acids is 2. The van der Waals surface area contributed by atoms with Crippen molar-refractivity contribution < 1.29 is 24.2 Å². The summed E-state index contributed by atoms with van der Waals surface area (Å²) in [6, 6.07) is 0. The molecule has 0 fully saturated rings. The zero-order valence-electron chi connectivity index (χ0n) is 11.9. The van der Waals surface area contributed by atoms with E-state index in [9.17, 15) is 14.7 Å². The van der Waals surface area contributed by atoms with Gasteiger partial charge in [0.1, 0.15) is 0 Å². The van der Waals surface area contributed by atoms with E-state index in [0.29, 0.717) is 6.42 Å². The number of ether oxygens (including phenoxy) is 2. The summed E-state index contributed by atoms with van der Waals surface area (Å²) in [6.07, 6.45) is 0.495. The summed E-state index contributed by atoms with van der Waals surface area (Å²) in [5.74, 6) is -1.21. The van der Waals surface area contributed by atoms with Gasteiger partial charge in [-0.1, -0.05) is 0 Å². The van der Waals surface area contributed by atoms with Crippen molar-refractivity contribution in [2.24, 2.45) is 5.41 Å². The molecule has 5 heteroatoms. The van der Waals surface area contributed by atoms with Crippen molar-refractivity contribution in [2.75, 3.05) is 13.2 Å². The van der Waals surface area contributed by atoms with Crippen molar-refractivity contribution in [1.29, 1.82) is 0 Å². The van der Waals surface area contributed by atoms with Crippen LogP contribution in [-0.2, 0) is 19.1 Å². The SMILES string of the molecule is CCOC(=O)C(C)(CCC(C)(C)O)C(=O)OCC. The molecule has 0 aromatic rings. The largest absolute Gasteiger partial charge is 0.465 e. The first kappa shape index (κ1) is 16.9. The van der Waals surface area contributed by atoms with Gasteiger partial charge in [-0.25, -0.2) is 0 Å². The normalized spacial score (nSPS) is 12.1. The topological polar surface area (TPSA) is 72.8 Å². The standard InChI is InChI=1S/C13H24O5/c1-6-17-10(14)13(5,11(15)18-7-2)9-8-12(3,4)16/h16H,6-9H2,1-5H3. The summed E-state index contributed by atoms with van der Waals surface area (Å²) in [5.41, 5.74) is -2.30. The fourth-order valence-electron chi connectivity index (χ4n) is 1.42. The molecule has 0 atom stereocenters. The zero-order valence-corrected chi connectivity index (χ0v) is 11.9. The predicted octanol–water partition coefficient (Wildman–Crippen LogP) is 1.67. The molecule has 0 aliphatic carbocycles. The van der Waals surface area contributed by atoms with Gasteiger partial charge in [0.25, 0.3) is 0 Å². The molecule has 1 N–H and O–H groups in total. The molecule has 0 radical (unpaired) electrons. The maximum atomic E-state index is 11.9. The Hall–Kier alpha value is -1.10. The first-order valence-corrected chi connectivity index (χ1v) is 6.24. The molecule has 0 saturated heterocycles. The van der Waals surface area contributed by atoms with Crippen LogP contribution in [0.5, 0.6) is 0 Å². The molecule has 0 heterocycles. The lowest BCUT2D eigenvalue weighted by Gasteiger charge is -2.27. The summed E-state index contributed by atoms with van der Waals surface area (Å²) >= 11 is 0. The van der Waals surface area contributed by atoms with Crippen LogP contribution >= 0.6 is 0 Å². The summed E-state index contributed by atoms with van der Waals surface area (Å²) < 4.78 is 9.84. The monoisotopic (exact) mass is 260 g/mol. The van der Waals surface area contributed by atoms with Gasteiger partial charge in [0, 0.05) is 0 Å². The highest BCUT2D eigenvalue weighted by molar-refractivity contribution is 5.99. The van der Waals surface area contributed by atoms with Gasteiger partial charge in [-0.2, -0.15) is 0 Å². The predicted molar refractivity (Wildman–Crippen MR) is 66.9 cm³/mol. The van der Waals surface area contributed by atoms with Crippen molar-refractivity contribution >= 4 is 11.9 Å². The average molecular weight is 260 g/mol. The lowest BCUT2D eigenvalue weighted by atomic mass is 9.82. The minimum atomic E-state index is -1.36. The summed E-state index contributed by atoms with van der Waals surface area (Å²) in [7, 11) is 0. The number of rotatable bonds is 7. The maximum Gasteiger partial charge on any atom is 0.323 e. The third kappa shape index (κ3) is 5.04. The number of hydrogen-bond donors (Lipinski definition) is 1. The van der Waals surface area contributed by atoms with Crippen molar-refractivity contribution in [3.8, 4) is 0 Å². The molecule has 0 amide bonds. The number of aliphatic hydroxyl groups is 1. The molecule has 0 aliphatic heterocycles. The average Bonchev–Trinajstić information content (AvgIpc) is 2.25. The summed E-state index contributed by atoms with van der Waals surface area (Å²) in [6.45, 7) is 8.52. The van der Waals surface area contributed by atoms with E-state index >= 15 is 0 Å². The maximum absolute atomic E-state index is 11.9. The van der Waals surface area contributed by atoms with E-state index in [1.54, 1.807) is 27.7 Å². The van der Waals surface area contributed by atoms with Gasteiger partial charge < -0.3 is 14.6 Å². The van der Waals surface area contributed by atoms with Gasteiger partial charge in [0.15, 0.2) is 5.41 Å². The van der Waals surface area contributed by atoms with Crippen LogP contribution < -0.4 is 0 Å². The fourth-order valence-corrected chi connectivity index (χ4v) is 1.42. The molecule has 0 unspecified atom stereocenters. The summed E-state index contributed by atoms with van der Waals surface area (Å²) in [4.78, 5) is 23.8. The molecule has 0 aromatic carbocycles. The first-order valence-electron chi connectivity index (χ1n) is 6.24.